The summed E-state index contributed by atoms with van der Waals surface area (Å²) >= 11 is 5.92. The Hall–Kier alpha value is -1.29. The standard InChI is InChI=1S/C12H16ClN3O/c1-7(8-3-2-4-8)16-12(17)9-5-11(14)15-6-10(9)13/h5-8H,2-4H2,1H3,(H2,14,15)(H,16,17). The zero-order chi connectivity index (χ0) is 12.4. The lowest BCUT2D eigenvalue weighted by Crippen LogP contribution is -2.40. The van der Waals surface area contributed by atoms with Crippen LogP contribution in [0.15, 0.2) is 12.3 Å². The number of aromatic nitrogens is 1. The van der Waals surface area contributed by atoms with Gasteiger partial charge in [-0.2, -0.15) is 0 Å². The number of carbonyl (C=O) groups excluding carboxylic acids is 1. The van der Waals surface area contributed by atoms with Crippen LogP contribution < -0.4 is 11.1 Å². The van der Waals surface area contributed by atoms with E-state index in [9.17, 15) is 4.79 Å². The van der Waals surface area contributed by atoms with Crippen molar-refractivity contribution in [3.8, 4) is 0 Å². The maximum Gasteiger partial charge on any atom is 0.253 e. The number of anilines is 1. The molecule has 2 rings (SSSR count). The largest absolute Gasteiger partial charge is 0.384 e. The molecule has 1 amide bonds. The molecule has 1 unspecified atom stereocenters. The molecule has 5 heteroatoms. The van der Waals surface area contributed by atoms with Gasteiger partial charge < -0.3 is 11.1 Å². The highest BCUT2D eigenvalue weighted by Crippen LogP contribution is 2.29. The van der Waals surface area contributed by atoms with E-state index in [4.69, 9.17) is 17.3 Å². The van der Waals surface area contributed by atoms with Crippen molar-refractivity contribution < 1.29 is 4.79 Å². The number of rotatable bonds is 3. The molecular formula is C12H16ClN3O. The van der Waals surface area contributed by atoms with Crippen molar-refractivity contribution in [3.63, 3.8) is 0 Å². The minimum absolute atomic E-state index is 0.177. The summed E-state index contributed by atoms with van der Waals surface area (Å²) in [7, 11) is 0. The van der Waals surface area contributed by atoms with Crippen molar-refractivity contribution >= 4 is 23.3 Å². The third kappa shape index (κ3) is 2.69. The third-order valence-corrected chi connectivity index (χ3v) is 3.64. The fraction of sp³-hybridized carbons (Fsp3) is 0.500. The molecule has 92 valence electrons. The molecule has 4 nitrogen and oxygen atoms in total. The van der Waals surface area contributed by atoms with Crippen molar-refractivity contribution in [1.29, 1.82) is 0 Å². The van der Waals surface area contributed by atoms with Gasteiger partial charge in [-0.1, -0.05) is 18.0 Å². The van der Waals surface area contributed by atoms with Gasteiger partial charge in [-0.15, -0.1) is 0 Å². The van der Waals surface area contributed by atoms with Gasteiger partial charge in [0.15, 0.2) is 0 Å². The molecule has 1 aliphatic carbocycles. The molecule has 0 radical (unpaired) electrons. The number of pyridine rings is 1. The molecule has 1 fully saturated rings. The van der Waals surface area contributed by atoms with E-state index in [1.807, 2.05) is 6.92 Å². The minimum Gasteiger partial charge on any atom is -0.384 e. The number of hydrogen-bond acceptors (Lipinski definition) is 3. The van der Waals surface area contributed by atoms with E-state index in [1.165, 1.54) is 31.5 Å². The van der Waals surface area contributed by atoms with E-state index in [2.05, 4.69) is 10.3 Å². The summed E-state index contributed by atoms with van der Waals surface area (Å²) in [5, 5.41) is 3.29. The van der Waals surface area contributed by atoms with Crippen LogP contribution in [-0.2, 0) is 0 Å². The second-order valence-corrected chi connectivity index (χ2v) is 4.95. The number of hydrogen-bond donors (Lipinski definition) is 2. The summed E-state index contributed by atoms with van der Waals surface area (Å²) in [6.45, 7) is 2.03. The lowest BCUT2D eigenvalue weighted by molar-refractivity contribution is 0.0909. The average molecular weight is 254 g/mol. The van der Waals surface area contributed by atoms with Gasteiger partial charge in [0.05, 0.1) is 10.6 Å². The van der Waals surface area contributed by atoms with Crippen LogP contribution in [0.1, 0.15) is 36.5 Å². The van der Waals surface area contributed by atoms with Gasteiger partial charge in [0.25, 0.3) is 5.91 Å². The lowest BCUT2D eigenvalue weighted by atomic mass is 9.80. The summed E-state index contributed by atoms with van der Waals surface area (Å²) in [5.41, 5.74) is 5.94. The smallest absolute Gasteiger partial charge is 0.253 e. The van der Waals surface area contributed by atoms with Crippen molar-refractivity contribution in [2.45, 2.75) is 32.2 Å². The zero-order valence-electron chi connectivity index (χ0n) is 9.74. The third-order valence-electron chi connectivity index (χ3n) is 3.34. The molecule has 1 aromatic rings. The molecular weight excluding hydrogens is 238 g/mol. The van der Waals surface area contributed by atoms with Gasteiger partial charge >= 0.3 is 0 Å². The SMILES string of the molecule is CC(NC(=O)c1cc(N)ncc1Cl)C1CCC1. The maximum absolute atomic E-state index is 12.0. The number of halogens is 1. The van der Waals surface area contributed by atoms with E-state index >= 15 is 0 Å². The number of nitrogens with two attached hydrogens (primary N) is 1. The Morgan fingerprint density at radius 1 is 1.65 bits per heavy atom. The van der Waals surface area contributed by atoms with Crippen molar-refractivity contribution in [2.75, 3.05) is 5.73 Å². The highest BCUT2D eigenvalue weighted by Gasteiger charge is 2.25. The van der Waals surface area contributed by atoms with Crippen LogP contribution >= 0.6 is 11.6 Å². The van der Waals surface area contributed by atoms with Crippen LogP contribution in [-0.4, -0.2) is 16.9 Å². The second-order valence-electron chi connectivity index (χ2n) is 4.54. The van der Waals surface area contributed by atoms with E-state index in [0.29, 0.717) is 22.3 Å². The van der Waals surface area contributed by atoms with Gasteiger partial charge in [-0.05, 0) is 31.7 Å². The lowest BCUT2D eigenvalue weighted by Gasteiger charge is -2.31. The Labute approximate surface area is 106 Å². The second kappa shape index (κ2) is 4.92. The fourth-order valence-corrected chi connectivity index (χ4v) is 2.16. The highest BCUT2D eigenvalue weighted by atomic mass is 35.5. The summed E-state index contributed by atoms with van der Waals surface area (Å²) in [5.74, 6) is 0.719. The number of nitrogens with zero attached hydrogens (tertiary/aromatic N) is 1. The van der Waals surface area contributed by atoms with Crippen molar-refractivity contribution in [3.05, 3.63) is 22.8 Å². The first-order valence-corrected chi connectivity index (χ1v) is 6.17. The van der Waals surface area contributed by atoms with Gasteiger partial charge in [0.1, 0.15) is 5.82 Å². The Morgan fingerprint density at radius 2 is 2.35 bits per heavy atom. The monoisotopic (exact) mass is 253 g/mol. The first kappa shape index (κ1) is 12.2. The fourth-order valence-electron chi connectivity index (χ4n) is 1.97. The van der Waals surface area contributed by atoms with Crippen LogP contribution in [0.2, 0.25) is 5.02 Å². The highest BCUT2D eigenvalue weighted by molar-refractivity contribution is 6.33. The molecule has 1 aromatic heterocycles. The minimum atomic E-state index is -0.177. The molecule has 1 heterocycles. The summed E-state index contributed by atoms with van der Waals surface area (Å²) in [6.07, 6.45) is 5.04. The predicted molar refractivity (Wildman–Crippen MR) is 67.9 cm³/mol. The van der Waals surface area contributed by atoms with Crippen LogP contribution in [0.4, 0.5) is 5.82 Å². The quantitative estimate of drug-likeness (QED) is 0.868. The molecule has 0 spiro atoms. The van der Waals surface area contributed by atoms with Crippen LogP contribution in [0.5, 0.6) is 0 Å². The van der Waals surface area contributed by atoms with Crippen LogP contribution in [0.3, 0.4) is 0 Å². The molecule has 1 atom stereocenters. The van der Waals surface area contributed by atoms with E-state index in [0.717, 1.165) is 0 Å². The molecule has 0 aliphatic heterocycles. The summed E-state index contributed by atoms with van der Waals surface area (Å²) in [4.78, 5) is 15.8. The van der Waals surface area contributed by atoms with Gasteiger partial charge in [0, 0.05) is 12.2 Å². The molecule has 0 bridgehead atoms. The zero-order valence-corrected chi connectivity index (χ0v) is 10.5. The average Bonchev–Trinajstić information content (AvgIpc) is 2.18. The molecule has 0 aromatic carbocycles. The first-order valence-electron chi connectivity index (χ1n) is 5.80. The Bertz CT molecular complexity index is 432. The molecule has 1 aliphatic rings. The van der Waals surface area contributed by atoms with E-state index in [1.54, 1.807) is 0 Å². The van der Waals surface area contributed by atoms with Gasteiger partial charge in [-0.3, -0.25) is 4.79 Å². The van der Waals surface area contributed by atoms with Crippen LogP contribution in [0.25, 0.3) is 0 Å². The Kier molecular flexibility index (Phi) is 3.52. The molecule has 3 N–H and O–H groups in total. The number of nitrogen functional groups attached to an aromatic ring is 1. The van der Waals surface area contributed by atoms with E-state index < -0.39 is 0 Å². The Morgan fingerprint density at radius 3 is 2.94 bits per heavy atom. The molecule has 0 saturated heterocycles. The summed E-state index contributed by atoms with van der Waals surface area (Å²) in [6, 6.07) is 1.69. The van der Waals surface area contributed by atoms with E-state index in [-0.39, 0.29) is 11.9 Å². The number of amides is 1. The topological polar surface area (TPSA) is 68.0 Å². The van der Waals surface area contributed by atoms with Crippen molar-refractivity contribution in [1.82, 2.24) is 10.3 Å². The number of carbonyl (C=O) groups is 1. The Balaban J connectivity index is 2.05. The summed E-state index contributed by atoms with van der Waals surface area (Å²) < 4.78 is 0. The molecule has 1 saturated carbocycles. The molecule has 17 heavy (non-hydrogen) atoms. The van der Waals surface area contributed by atoms with Crippen molar-refractivity contribution in [2.24, 2.45) is 5.92 Å². The van der Waals surface area contributed by atoms with Crippen LogP contribution in [0, 0.1) is 5.92 Å². The normalized spacial score (nSPS) is 17.3. The first-order chi connectivity index (χ1) is 8.08. The van der Waals surface area contributed by atoms with Gasteiger partial charge in [0.2, 0.25) is 0 Å². The maximum atomic E-state index is 12.0. The predicted octanol–water partition coefficient (Wildman–Crippen LogP) is 2.24. The van der Waals surface area contributed by atoms with Gasteiger partial charge in [-0.25, -0.2) is 4.98 Å². The number of nitrogens with one attached hydrogen (secondary N) is 1.